The Bertz CT molecular complexity index is 370. The van der Waals surface area contributed by atoms with E-state index in [0.717, 1.165) is 25.2 Å². The maximum Gasteiger partial charge on any atom is 0.158 e. The molecule has 0 amide bonds. The van der Waals surface area contributed by atoms with Gasteiger partial charge in [-0.2, -0.15) is 5.26 Å². The number of anilines is 1. The van der Waals surface area contributed by atoms with Gasteiger partial charge in [0.15, 0.2) is 5.69 Å². The number of rotatable bonds is 1. The fourth-order valence-corrected chi connectivity index (χ4v) is 1.71. The number of β-amino-alcohol motifs (C(OH)–C–C–N with tert-alkyl or cyclic N) is 1. The van der Waals surface area contributed by atoms with E-state index in [1.54, 1.807) is 6.20 Å². The van der Waals surface area contributed by atoms with E-state index in [2.05, 4.69) is 9.97 Å². The average Bonchev–Trinajstić information content (AvgIpc) is 2.29. The van der Waals surface area contributed by atoms with Gasteiger partial charge in [-0.3, -0.25) is 0 Å². The van der Waals surface area contributed by atoms with Crippen LogP contribution in [0.25, 0.3) is 0 Å². The number of piperidine rings is 1. The summed E-state index contributed by atoms with van der Waals surface area (Å²) in [5, 5.41) is 18.1. The number of aliphatic hydroxyl groups is 1. The van der Waals surface area contributed by atoms with Crippen LogP contribution < -0.4 is 4.90 Å². The molecule has 1 aliphatic rings. The van der Waals surface area contributed by atoms with Crippen LogP contribution in [0.5, 0.6) is 0 Å². The molecule has 0 spiro atoms. The number of nitriles is 1. The molecule has 5 nitrogen and oxygen atoms in total. The number of aromatic nitrogens is 2. The van der Waals surface area contributed by atoms with Crippen molar-refractivity contribution in [3.05, 3.63) is 18.1 Å². The SMILES string of the molecule is N#Cc1cnc(N2CCCC(O)C2)cn1. The van der Waals surface area contributed by atoms with Gasteiger partial charge >= 0.3 is 0 Å². The Morgan fingerprint density at radius 3 is 2.93 bits per heavy atom. The zero-order valence-electron chi connectivity index (χ0n) is 8.30. The van der Waals surface area contributed by atoms with E-state index in [0.29, 0.717) is 12.2 Å². The highest BCUT2D eigenvalue weighted by Gasteiger charge is 2.18. The number of nitrogens with zero attached hydrogens (tertiary/aromatic N) is 4. The molecule has 1 unspecified atom stereocenters. The third kappa shape index (κ3) is 2.22. The summed E-state index contributed by atoms with van der Waals surface area (Å²) < 4.78 is 0. The molecule has 1 N–H and O–H groups in total. The molecule has 2 rings (SSSR count). The maximum absolute atomic E-state index is 9.50. The van der Waals surface area contributed by atoms with Gasteiger partial charge < -0.3 is 10.0 Å². The Labute approximate surface area is 88.0 Å². The van der Waals surface area contributed by atoms with Crippen LogP contribution in [0.15, 0.2) is 12.4 Å². The molecule has 5 heteroatoms. The molecule has 2 heterocycles. The van der Waals surface area contributed by atoms with Gasteiger partial charge in [-0.25, -0.2) is 9.97 Å². The van der Waals surface area contributed by atoms with E-state index in [9.17, 15) is 5.11 Å². The van der Waals surface area contributed by atoms with E-state index in [-0.39, 0.29) is 6.10 Å². The lowest BCUT2D eigenvalue weighted by Gasteiger charge is -2.30. The largest absolute Gasteiger partial charge is 0.391 e. The van der Waals surface area contributed by atoms with Crippen molar-refractivity contribution >= 4 is 5.82 Å². The highest BCUT2D eigenvalue weighted by atomic mass is 16.3. The van der Waals surface area contributed by atoms with Crippen molar-refractivity contribution in [2.75, 3.05) is 18.0 Å². The highest BCUT2D eigenvalue weighted by molar-refractivity contribution is 5.37. The van der Waals surface area contributed by atoms with Crippen molar-refractivity contribution in [1.29, 1.82) is 5.26 Å². The van der Waals surface area contributed by atoms with Gasteiger partial charge in [-0.1, -0.05) is 0 Å². The first-order chi connectivity index (χ1) is 7.29. The van der Waals surface area contributed by atoms with Crippen molar-refractivity contribution in [2.24, 2.45) is 0 Å². The molecule has 78 valence electrons. The molecular weight excluding hydrogens is 192 g/mol. The molecular formula is C10H12N4O. The van der Waals surface area contributed by atoms with Crippen molar-refractivity contribution in [3.63, 3.8) is 0 Å². The summed E-state index contributed by atoms with van der Waals surface area (Å²) in [4.78, 5) is 10.1. The molecule has 1 saturated heterocycles. The first kappa shape index (κ1) is 9.87. The third-order valence-electron chi connectivity index (χ3n) is 2.47. The lowest BCUT2D eigenvalue weighted by atomic mass is 10.1. The van der Waals surface area contributed by atoms with Crippen LogP contribution in [0.3, 0.4) is 0 Å². The smallest absolute Gasteiger partial charge is 0.158 e. The van der Waals surface area contributed by atoms with Gasteiger partial charge in [0, 0.05) is 13.1 Å². The van der Waals surface area contributed by atoms with E-state index in [1.807, 2.05) is 11.0 Å². The maximum atomic E-state index is 9.50. The Morgan fingerprint density at radius 1 is 1.47 bits per heavy atom. The molecule has 15 heavy (non-hydrogen) atoms. The van der Waals surface area contributed by atoms with Crippen LogP contribution in [0.2, 0.25) is 0 Å². The second-order valence-electron chi connectivity index (χ2n) is 3.61. The Morgan fingerprint density at radius 2 is 2.33 bits per heavy atom. The van der Waals surface area contributed by atoms with E-state index in [4.69, 9.17) is 5.26 Å². The van der Waals surface area contributed by atoms with Gasteiger partial charge in [0.2, 0.25) is 0 Å². The Balaban J connectivity index is 2.12. The Kier molecular flexibility index (Phi) is 2.79. The van der Waals surface area contributed by atoms with E-state index in [1.165, 1.54) is 6.20 Å². The minimum Gasteiger partial charge on any atom is -0.391 e. The van der Waals surface area contributed by atoms with Crippen LogP contribution >= 0.6 is 0 Å². The second-order valence-corrected chi connectivity index (χ2v) is 3.61. The summed E-state index contributed by atoms with van der Waals surface area (Å²) in [5.41, 5.74) is 0.316. The molecule has 1 fully saturated rings. The van der Waals surface area contributed by atoms with Crippen LogP contribution in [0.4, 0.5) is 5.82 Å². The van der Waals surface area contributed by atoms with Crippen LogP contribution in [-0.4, -0.2) is 34.3 Å². The molecule has 0 aromatic carbocycles. The zero-order valence-corrected chi connectivity index (χ0v) is 8.30. The average molecular weight is 204 g/mol. The van der Waals surface area contributed by atoms with Crippen molar-refractivity contribution < 1.29 is 5.11 Å². The van der Waals surface area contributed by atoms with E-state index < -0.39 is 0 Å². The van der Waals surface area contributed by atoms with E-state index >= 15 is 0 Å². The molecule has 1 aliphatic heterocycles. The summed E-state index contributed by atoms with van der Waals surface area (Å²) >= 11 is 0. The monoisotopic (exact) mass is 204 g/mol. The lowest BCUT2D eigenvalue weighted by Crippen LogP contribution is -2.38. The second kappa shape index (κ2) is 4.24. The summed E-state index contributed by atoms with van der Waals surface area (Å²) in [6.45, 7) is 1.48. The van der Waals surface area contributed by atoms with Gasteiger partial charge in [-0.15, -0.1) is 0 Å². The minimum atomic E-state index is -0.281. The number of hydrogen-bond acceptors (Lipinski definition) is 5. The van der Waals surface area contributed by atoms with Crippen LogP contribution in [0, 0.1) is 11.3 Å². The van der Waals surface area contributed by atoms with Gasteiger partial charge in [0.1, 0.15) is 11.9 Å². The molecule has 0 radical (unpaired) electrons. The third-order valence-corrected chi connectivity index (χ3v) is 2.47. The van der Waals surface area contributed by atoms with Crippen molar-refractivity contribution in [3.8, 4) is 6.07 Å². The molecule has 0 saturated carbocycles. The van der Waals surface area contributed by atoms with Gasteiger partial charge in [0.05, 0.1) is 18.5 Å². The summed E-state index contributed by atoms with van der Waals surface area (Å²) in [6, 6.07) is 1.92. The first-order valence-electron chi connectivity index (χ1n) is 4.95. The Hall–Kier alpha value is -1.67. The number of aliphatic hydroxyl groups excluding tert-OH is 1. The van der Waals surface area contributed by atoms with Crippen LogP contribution in [-0.2, 0) is 0 Å². The van der Waals surface area contributed by atoms with Crippen molar-refractivity contribution in [2.45, 2.75) is 18.9 Å². The topological polar surface area (TPSA) is 73.0 Å². The molecule has 1 atom stereocenters. The fourth-order valence-electron chi connectivity index (χ4n) is 1.71. The molecule has 1 aromatic heterocycles. The van der Waals surface area contributed by atoms with Gasteiger partial charge in [0.25, 0.3) is 0 Å². The predicted octanol–water partition coefficient (Wildman–Crippen LogP) is 0.309. The molecule has 0 bridgehead atoms. The molecule has 0 aliphatic carbocycles. The van der Waals surface area contributed by atoms with Crippen LogP contribution in [0.1, 0.15) is 18.5 Å². The summed E-state index contributed by atoms with van der Waals surface area (Å²) in [5.74, 6) is 0.729. The zero-order chi connectivity index (χ0) is 10.7. The summed E-state index contributed by atoms with van der Waals surface area (Å²) in [6.07, 6.45) is 4.56. The highest BCUT2D eigenvalue weighted by Crippen LogP contribution is 2.16. The lowest BCUT2D eigenvalue weighted by molar-refractivity contribution is 0.154. The fraction of sp³-hybridized carbons (Fsp3) is 0.500. The normalized spacial score (nSPS) is 21.1. The quantitative estimate of drug-likeness (QED) is 0.712. The molecule has 1 aromatic rings. The first-order valence-corrected chi connectivity index (χ1v) is 4.95. The minimum absolute atomic E-state index is 0.281. The number of hydrogen-bond donors (Lipinski definition) is 1. The predicted molar refractivity (Wildman–Crippen MR) is 54.2 cm³/mol. The van der Waals surface area contributed by atoms with Gasteiger partial charge in [-0.05, 0) is 12.8 Å². The van der Waals surface area contributed by atoms with Crippen molar-refractivity contribution in [1.82, 2.24) is 9.97 Å². The standard InChI is InChI=1S/C10H12N4O/c11-4-8-5-13-10(6-12-8)14-3-1-2-9(15)7-14/h5-6,9,15H,1-3,7H2. The summed E-state index contributed by atoms with van der Waals surface area (Å²) in [7, 11) is 0.